The van der Waals surface area contributed by atoms with Gasteiger partial charge < -0.3 is 15.0 Å². The van der Waals surface area contributed by atoms with Crippen LogP contribution >= 0.6 is 15.9 Å². The van der Waals surface area contributed by atoms with Gasteiger partial charge in [-0.25, -0.2) is 4.98 Å². The number of aromatic nitrogens is 1. The number of amides is 1. The van der Waals surface area contributed by atoms with Crippen molar-refractivity contribution in [3.8, 4) is 0 Å². The van der Waals surface area contributed by atoms with Gasteiger partial charge in [-0.05, 0) is 35.9 Å². The number of anilines is 2. The van der Waals surface area contributed by atoms with Crippen molar-refractivity contribution in [2.24, 2.45) is 0 Å². The first-order chi connectivity index (χ1) is 11.7. The van der Waals surface area contributed by atoms with Crippen molar-refractivity contribution in [1.29, 1.82) is 0 Å². The lowest BCUT2D eigenvalue weighted by molar-refractivity contribution is -0.111. The van der Waals surface area contributed by atoms with E-state index in [4.69, 9.17) is 4.74 Å². The van der Waals surface area contributed by atoms with Gasteiger partial charge in [-0.15, -0.1) is 0 Å². The van der Waals surface area contributed by atoms with Crippen LogP contribution < -0.4 is 10.2 Å². The number of ether oxygens (including phenoxy) is 1. The van der Waals surface area contributed by atoms with Gasteiger partial charge in [0.1, 0.15) is 5.82 Å². The van der Waals surface area contributed by atoms with Crippen molar-refractivity contribution in [2.45, 2.75) is 0 Å². The van der Waals surface area contributed by atoms with Crippen LogP contribution in [0.3, 0.4) is 0 Å². The van der Waals surface area contributed by atoms with E-state index in [-0.39, 0.29) is 5.91 Å². The quantitative estimate of drug-likeness (QED) is 0.817. The molecule has 5 nitrogen and oxygen atoms in total. The number of halogens is 1. The molecule has 2 heterocycles. The summed E-state index contributed by atoms with van der Waals surface area (Å²) in [4.78, 5) is 18.6. The van der Waals surface area contributed by atoms with Crippen LogP contribution in [-0.2, 0) is 9.53 Å². The number of hydrogen-bond donors (Lipinski definition) is 1. The zero-order chi connectivity index (χ0) is 16.8. The molecule has 0 aliphatic carbocycles. The fourth-order valence-corrected chi connectivity index (χ4v) is 2.82. The van der Waals surface area contributed by atoms with E-state index >= 15 is 0 Å². The van der Waals surface area contributed by atoms with Crippen LogP contribution in [0.15, 0.2) is 53.1 Å². The third kappa shape index (κ3) is 4.66. The molecule has 1 aromatic carbocycles. The van der Waals surface area contributed by atoms with E-state index in [9.17, 15) is 4.79 Å². The number of benzene rings is 1. The molecule has 1 saturated heterocycles. The van der Waals surface area contributed by atoms with Gasteiger partial charge in [0.25, 0.3) is 0 Å². The fourth-order valence-electron chi connectivity index (χ4n) is 2.41. The summed E-state index contributed by atoms with van der Waals surface area (Å²) in [5, 5.41) is 2.81. The Labute approximate surface area is 149 Å². The molecule has 24 heavy (non-hydrogen) atoms. The summed E-state index contributed by atoms with van der Waals surface area (Å²) in [5.74, 6) is 0.719. The minimum Gasteiger partial charge on any atom is -0.378 e. The summed E-state index contributed by atoms with van der Waals surface area (Å²) in [6, 6.07) is 11.5. The Hall–Kier alpha value is -2.18. The van der Waals surface area contributed by atoms with E-state index in [0.717, 1.165) is 42.2 Å². The van der Waals surface area contributed by atoms with Gasteiger partial charge in [0, 0.05) is 23.6 Å². The number of morpholine rings is 1. The second-order valence-electron chi connectivity index (χ2n) is 5.38. The third-order valence-corrected chi connectivity index (χ3v) is 4.12. The lowest BCUT2D eigenvalue weighted by Gasteiger charge is -2.27. The molecule has 1 aliphatic rings. The van der Waals surface area contributed by atoms with Crippen LogP contribution in [0.1, 0.15) is 5.56 Å². The van der Waals surface area contributed by atoms with Gasteiger partial charge in [0.15, 0.2) is 0 Å². The molecule has 0 radical (unpaired) electrons. The average Bonchev–Trinajstić information content (AvgIpc) is 2.61. The highest BCUT2D eigenvalue weighted by molar-refractivity contribution is 9.10. The maximum atomic E-state index is 12.0. The molecule has 0 spiro atoms. The molecule has 0 atom stereocenters. The SMILES string of the molecule is O=C(/C=C/c1cccc(Br)c1)Nc1ccc(N2CCOCC2)nc1. The molecular weight excluding hydrogens is 370 g/mol. The fraction of sp³-hybridized carbons (Fsp3) is 0.222. The summed E-state index contributed by atoms with van der Waals surface area (Å²) in [7, 11) is 0. The summed E-state index contributed by atoms with van der Waals surface area (Å²) < 4.78 is 6.31. The summed E-state index contributed by atoms with van der Waals surface area (Å²) in [6.45, 7) is 3.13. The Bertz CT molecular complexity index is 725. The zero-order valence-corrected chi connectivity index (χ0v) is 14.7. The molecule has 1 amide bonds. The molecule has 1 N–H and O–H groups in total. The van der Waals surface area contributed by atoms with Crippen molar-refractivity contribution in [3.05, 3.63) is 58.7 Å². The van der Waals surface area contributed by atoms with Gasteiger partial charge in [-0.3, -0.25) is 4.79 Å². The Balaban J connectivity index is 1.58. The predicted molar refractivity (Wildman–Crippen MR) is 99.1 cm³/mol. The molecule has 2 aromatic rings. The largest absolute Gasteiger partial charge is 0.378 e. The monoisotopic (exact) mass is 387 g/mol. The minimum absolute atomic E-state index is 0.184. The molecule has 0 bridgehead atoms. The lowest BCUT2D eigenvalue weighted by atomic mass is 10.2. The second-order valence-corrected chi connectivity index (χ2v) is 6.30. The van der Waals surface area contributed by atoms with Crippen LogP contribution in [0.2, 0.25) is 0 Å². The maximum absolute atomic E-state index is 12.0. The van der Waals surface area contributed by atoms with E-state index in [1.165, 1.54) is 6.08 Å². The average molecular weight is 388 g/mol. The highest BCUT2D eigenvalue weighted by Crippen LogP contribution is 2.16. The zero-order valence-electron chi connectivity index (χ0n) is 13.1. The standard InChI is InChI=1S/C18H18BrN3O2/c19-15-3-1-2-14(12-15)4-7-18(23)21-16-5-6-17(20-13-16)22-8-10-24-11-9-22/h1-7,12-13H,8-11H2,(H,21,23)/b7-4+. The van der Waals surface area contributed by atoms with Gasteiger partial charge in [0.2, 0.25) is 5.91 Å². The maximum Gasteiger partial charge on any atom is 0.248 e. The highest BCUT2D eigenvalue weighted by atomic mass is 79.9. The summed E-state index contributed by atoms with van der Waals surface area (Å²) >= 11 is 3.41. The van der Waals surface area contributed by atoms with Crippen LogP contribution in [0.4, 0.5) is 11.5 Å². The van der Waals surface area contributed by atoms with E-state index in [1.807, 2.05) is 36.4 Å². The molecule has 1 aromatic heterocycles. The summed E-state index contributed by atoms with van der Waals surface area (Å²) in [6.07, 6.45) is 4.96. The van der Waals surface area contributed by atoms with Crippen molar-refractivity contribution in [3.63, 3.8) is 0 Å². The number of hydrogen-bond acceptors (Lipinski definition) is 4. The molecule has 0 saturated carbocycles. The van der Waals surface area contributed by atoms with E-state index in [0.29, 0.717) is 5.69 Å². The Morgan fingerprint density at radius 1 is 1.25 bits per heavy atom. The number of carbonyl (C=O) groups is 1. The lowest BCUT2D eigenvalue weighted by Crippen LogP contribution is -2.36. The Morgan fingerprint density at radius 2 is 2.08 bits per heavy atom. The van der Waals surface area contributed by atoms with E-state index in [2.05, 4.69) is 31.1 Å². The smallest absolute Gasteiger partial charge is 0.248 e. The van der Waals surface area contributed by atoms with Gasteiger partial charge in [0.05, 0.1) is 25.1 Å². The highest BCUT2D eigenvalue weighted by Gasteiger charge is 2.12. The Morgan fingerprint density at radius 3 is 2.79 bits per heavy atom. The van der Waals surface area contributed by atoms with Crippen LogP contribution in [-0.4, -0.2) is 37.2 Å². The first-order valence-electron chi connectivity index (χ1n) is 7.74. The van der Waals surface area contributed by atoms with Gasteiger partial charge in [-0.1, -0.05) is 28.1 Å². The van der Waals surface area contributed by atoms with Crippen molar-refractivity contribution >= 4 is 39.4 Å². The number of rotatable bonds is 4. The predicted octanol–water partition coefficient (Wildman–Crippen LogP) is 3.33. The van der Waals surface area contributed by atoms with Gasteiger partial charge in [-0.2, -0.15) is 0 Å². The number of pyridine rings is 1. The molecule has 0 unspecified atom stereocenters. The minimum atomic E-state index is -0.184. The molecule has 3 rings (SSSR count). The third-order valence-electron chi connectivity index (χ3n) is 3.63. The normalized spacial score (nSPS) is 14.8. The number of nitrogens with one attached hydrogen (secondary N) is 1. The molecule has 124 valence electrons. The topological polar surface area (TPSA) is 54.5 Å². The van der Waals surface area contributed by atoms with Gasteiger partial charge >= 0.3 is 0 Å². The van der Waals surface area contributed by atoms with E-state index < -0.39 is 0 Å². The molecule has 1 fully saturated rings. The van der Waals surface area contributed by atoms with Crippen molar-refractivity contribution in [1.82, 2.24) is 4.98 Å². The Kier molecular flexibility index (Phi) is 5.61. The number of nitrogens with zero attached hydrogens (tertiary/aromatic N) is 2. The van der Waals surface area contributed by atoms with Crippen molar-refractivity contribution in [2.75, 3.05) is 36.5 Å². The first kappa shape index (κ1) is 16.7. The molecular formula is C18H18BrN3O2. The molecule has 1 aliphatic heterocycles. The first-order valence-corrected chi connectivity index (χ1v) is 8.53. The molecule has 6 heteroatoms. The second kappa shape index (κ2) is 8.08. The number of carbonyl (C=O) groups excluding carboxylic acids is 1. The van der Waals surface area contributed by atoms with Crippen molar-refractivity contribution < 1.29 is 9.53 Å². The summed E-state index contributed by atoms with van der Waals surface area (Å²) in [5.41, 5.74) is 1.64. The van der Waals surface area contributed by atoms with E-state index in [1.54, 1.807) is 12.3 Å². The van der Waals surface area contributed by atoms with Crippen LogP contribution in [0.5, 0.6) is 0 Å². The van der Waals surface area contributed by atoms with Crippen LogP contribution in [0, 0.1) is 0 Å². The van der Waals surface area contributed by atoms with Crippen LogP contribution in [0.25, 0.3) is 6.08 Å².